The molecule has 0 fully saturated rings. The Labute approximate surface area is 124 Å². The maximum Gasteiger partial charge on any atom is 0.225 e. The molecule has 1 aromatic carbocycles. The molecule has 1 rings (SSSR count). The largest absolute Gasteiger partial charge is 0.326 e. The first-order valence-electron chi connectivity index (χ1n) is 6.93. The third kappa shape index (κ3) is 6.73. The van der Waals surface area contributed by atoms with Crippen molar-refractivity contribution in [1.82, 2.24) is 4.90 Å². The van der Waals surface area contributed by atoms with Crippen LogP contribution in [0.15, 0.2) is 28.7 Å². The number of rotatable bonds is 8. The van der Waals surface area contributed by atoms with E-state index in [0.29, 0.717) is 6.42 Å². The molecule has 0 unspecified atom stereocenters. The van der Waals surface area contributed by atoms with Crippen LogP contribution in [0.25, 0.3) is 0 Å². The number of hydrogen-bond donors (Lipinski definition) is 1. The number of benzene rings is 1. The molecular weight excluding hydrogens is 304 g/mol. The second-order valence-electron chi connectivity index (χ2n) is 4.65. The molecule has 1 N–H and O–H groups in total. The van der Waals surface area contributed by atoms with Crippen LogP contribution in [0.2, 0.25) is 0 Å². The van der Waals surface area contributed by atoms with Crippen molar-refractivity contribution in [2.24, 2.45) is 0 Å². The van der Waals surface area contributed by atoms with Gasteiger partial charge in [-0.1, -0.05) is 29.8 Å². The molecule has 0 aliphatic carbocycles. The summed E-state index contributed by atoms with van der Waals surface area (Å²) < 4.78 is 1.02. The summed E-state index contributed by atoms with van der Waals surface area (Å²) in [6.45, 7) is 7.32. The van der Waals surface area contributed by atoms with Crippen molar-refractivity contribution >= 4 is 27.5 Å². The van der Waals surface area contributed by atoms with Crippen molar-refractivity contribution in [2.45, 2.75) is 33.1 Å². The first-order valence-corrected chi connectivity index (χ1v) is 7.72. The first-order chi connectivity index (χ1) is 9.15. The van der Waals surface area contributed by atoms with E-state index in [1.54, 1.807) is 0 Å². The van der Waals surface area contributed by atoms with Crippen molar-refractivity contribution in [1.29, 1.82) is 0 Å². The molecular formula is C15H23BrN2O. The third-order valence-electron chi connectivity index (χ3n) is 2.86. The lowest BCUT2D eigenvalue weighted by Gasteiger charge is -2.20. The molecule has 0 aromatic heterocycles. The van der Waals surface area contributed by atoms with Crippen LogP contribution in [0.1, 0.15) is 33.1 Å². The SMILES string of the molecule is CCCN(CCC)CCC(=O)Nc1ccc(Br)cc1. The standard InChI is InChI=1S/C15H23BrN2O/c1-3-10-18(11-4-2)12-9-15(19)17-14-7-5-13(16)6-8-14/h5-8H,3-4,9-12H2,1-2H3,(H,17,19). The number of hydrogen-bond acceptors (Lipinski definition) is 2. The molecule has 0 saturated carbocycles. The summed E-state index contributed by atoms with van der Waals surface area (Å²) in [7, 11) is 0. The summed E-state index contributed by atoms with van der Waals surface area (Å²) in [6.07, 6.45) is 2.82. The number of nitrogens with zero attached hydrogens (tertiary/aromatic N) is 1. The number of nitrogens with one attached hydrogen (secondary N) is 1. The third-order valence-corrected chi connectivity index (χ3v) is 3.39. The van der Waals surface area contributed by atoms with E-state index in [1.165, 1.54) is 0 Å². The zero-order valence-electron chi connectivity index (χ0n) is 11.8. The van der Waals surface area contributed by atoms with Crippen LogP contribution in [0.4, 0.5) is 5.69 Å². The minimum atomic E-state index is 0.0829. The van der Waals surface area contributed by atoms with E-state index in [9.17, 15) is 4.79 Å². The molecule has 0 radical (unpaired) electrons. The van der Waals surface area contributed by atoms with Gasteiger partial charge in [0.1, 0.15) is 0 Å². The van der Waals surface area contributed by atoms with E-state index in [4.69, 9.17) is 0 Å². The fourth-order valence-electron chi connectivity index (χ4n) is 1.98. The Hall–Kier alpha value is -0.870. The van der Waals surface area contributed by atoms with Gasteiger partial charge in [-0.15, -0.1) is 0 Å². The number of carbonyl (C=O) groups excluding carboxylic acids is 1. The molecule has 0 aliphatic rings. The van der Waals surface area contributed by atoms with Crippen molar-refractivity contribution in [3.8, 4) is 0 Å². The van der Waals surface area contributed by atoms with Crippen molar-refractivity contribution in [2.75, 3.05) is 25.0 Å². The zero-order chi connectivity index (χ0) is 14.1. The van der Waals surface area contributed by atoms with Crippen LogP contribution in [0.3, 0.4) is 0 Å². The van der Waals surface area contributed by atoms with Crippen LogP contribution >= 0.6 is 15.9 Å². The van der Waals surface area contributed by atoms with E-state index < -0.39 is 0 Å². The Kier molecular flexibility index (Phi) is 7.75. The molecule has 0 heterocycles. The van der Waals surface area contributed by atoms with Gasteiger partial charge in [-0.25, -0.2) is 0 Å². The quantitative estimate of drug-likeness (QED) is 0.785. The van der Waals surface area contributed by atoms with E-state index in [1.807, 2.05) is 24.3 Å². The molecule has 4 heteroatoms. The van der Waals surface area contributed by atoms with E-state index >= 15 is 0 Å². The van der Waals surface area contributed by atoms with Gasteiger partial charge < -0.3 is 10.2 Å². The summed E-state index contributed by atoms with van der Waals surface area (Å²) in [5, 5.41) is 2.92. The highest BCUT2D eigenvalue weighted by molar-refractivity contribution is 9.10. The fraction of sp³-hybridized carbons (Fsp3) is 0.533. The Morgan fingerprint density at radius 3 is 2.21 bits per heavy atom. The van der Waals surface area contributed by atoms with Gasteiger partial charge in [0.15, 0.2) is 0 Å². The minimum Gasteiger partial charge on any atom is -0.326 e. The average molecular weight is 327 g/mol. The van der Waals surface area contributed by atoms with Crippen LogP contribution in [0, 0.1) is 0 Å². The zero-order valence-corrected chi connectivity index (χ0v) is 13.4. The molecule has 0 aliphatic heterocycles. The average Bonchev–Trinajstić information content (AvgIpc) is 2.39. The van der Waals surface area contributed by atoms with Gasteiger partial charge in [0.05, 0.1) is 0 Å². The lowest BCUT2D eigenvalue weighted by Crippen LogP contribution is -2.29. The van der Waals surface area contributed by atoms with Crippen LogP contribution in [-0.4, -0.2) is 30.4 Å². The van der Waals surface area contributed by atoms with Gasteiger partial charge in [-0.3, -0.25) is 4.79 Å². The summed E-state index contributed by atoms with van der Waals surface area (Å²) in [5.41, 5.74) is 0.853. The summed E-state index contributed by atoms with van der Waals surface area (Å²) in [6, 6.07) is 7.65. The molecule has 1 amide bonds. The van der Waals surface area contributed by atoms with E-state index in [0.717, 1.165) is 42.6 Å². The highest BCUT2D eigenvalue weighted by atomic mass is 79.9. The van der Waals surface area contributed by atoms with Gasteiger partial charge in [0.2, 0.25) is 5.91 Å². The van der Waals surface area contributed by atoms with Gasteiger partial charge in [0, 0.05) is 23.1 Å². The number of halogens is 1. The van der Waals surface area contributed by atoms with Gasteiger partial charge >= 0.3 is 0 Å². The Bertz CT molecular complexity index is 372. The lowest BCUT2D eigenvalue weighted by atomic mass is 10.3. The highest BCUT2D eigenvalue weighted by Gasteiger charge is 2.07. The lowest BCUT2D eigenvalue weighted by molar-refractivity contribution is -0.116. The molecule has 0 saturated heterocycles. The molecule has 0 spiro atoms. The van der Waals surface area contributed by atoms with Gasteiger partial charge in [-0.2, -0.15) is 0 Å². The van der Waals surface area contributed by atoms with Crippen LogP contribution < -0.4 is 5.32 Å². The molecule has 3 nitrogen and oxygen atoms in total. The fourth-order valence-corrected chi connectivity index (χ4v) is 2.25. The second-order valence-corrected chi connectivity index (χ2v) is 5.56. The minimum absolute atomic E-state index is 0.0829. The van der Waals surface area contributed by atoms with E-state index in [-0.39, 0.29) is 5.91 Å². The van der Waals surface area contributed by atoms with Gasteiger partial charge in [-0.05, 0) is 50.2 Å². The van der Waals surface area contributed by atoms with Crippen molar-refractivity contribution in [3.05, 3.63) is 28.7 Å². The Morgan fingerprint density at radius 1 is 1.11 bits per heavy atom. The molecule has 106 valence electrons. The van der Waals surface area contributed by atoms with Crippen molar-refractivity contribution < 1.29 is 4.79 Å². The first kappa shape index (κ1) is 16.2. The number of carbonyl (C=O) groups is 1. The maximum atomic E-state index is 11.9. The Morgan fingerprint density at radius 2 is 1.68 bits per heavy atom. The number of amides is 1. The summed E-state index contributed by atoms with van der Waals surface area (Å²) in [4.78, 5) is 14.2. The smallest absolute Gasteiger partial charge is 0.225 e. The van der Waals surface area contributed by atoms with Crippen LogP contribution in [0.5, 0.6) is 0 Å². The molecule has 19 heavy (non-hydrogen) atoms. The molecule has 0 bridgehead atoms. The topological polar surface area (TPSA) is 32.3 Å². The predicted octanol–water partition coefficient (Wildman–Crippen LogP) is 3.90. The van der Waals surface area contributed by atoms with Crippen molar-refractivity contribution in [3.63, 3.8) is 0 Å². The summed E-state index contributed by atoms with van der Waals surface area (Å²) in [5.74, 6) is 0.0829. The maximum absolute atomic E-state index is 11.9. The second kappa shape index (κ2) is 9.10. The number of anilines is 1. The normalized spacial score (nSPS) is 10.7. The molecule has 0 atom stereocenters. The monoisotopic (exact) mass is 326 g/mol. The summed E-state index contributed by atoms with van der Waals surface area (Å²) >= 11 is 3.38. The van der Waals surface area contributed by atoms with Gasteiger partial charge in [0.25, 0.3) is 0 Å². The Balaban J connectivity index is 2.35. The highest BCUT2D eigenvalue weighted by Crippen LogP contribution is 2.14. The molecule has 1 aromatic rings. The predicted molar refractivity (Wildman–Crippen MR) is 84.4 cm³/mol. The van der Waals surface area contributed by atoms with Crippen LogP contribution in [-0.2, 0) is 4.79 Å². The van der Waals surface area contributed by atoms with E-state index in [2.05, 4.69) is 40.0 Å².